The van der Waals surface area contributed by atoms with Crippen molar-refractivity contribution in [2.45, 2.75) is 18.8 Å². The summed E-state index contributed by atoms with van der Waals surface area (Å²) in [6.45, 7) is 0. The van der Waals surface area contributed by atoms with Crippen molar-refractivity contribution in [1.29, 1.82) is 0 Å². The first-order chi connectivity index (χ1) is 8.96. The summed E-state index contributed by atoms with van der Waals surface area (Å²) in [5.74, 6) is -0.937. The van der Waals surface area contributed by atoms with Crippen LogP contribution in [0.25, 0.3) is 0 Å². The van der Waals surface area contributed by atoms with Crippen LogP contribution in [-0.4, -0.2) is 13.1 Å². The Balaban J connectivity index is 3.46. The first-order valence-electron chi connectivity index (χ1n) is 5.00. The van der Waals surface area contributed by atoms with Crippen LogP contribution < -0.4 is 0 Å². The molecule has 0 aliphatic carbocycles. The summed E-state index contributed by atoms with van der Waals surface area (Å²) in [5.41, 5.74) is -3.42. The summed E-state index contributed by atoms with van der Waals surface area (Å²) in [6, 6.07) is 0.965. The molecule has 0 unspecified atom stereocenters. The Bertz CT molecular complexity index is 486. The molecule has 1 rings (SSSR count). The predicted molar refractivity (Wildman–Crippen MR) is 59.9 cm³/mol. The number of hydrogen-bond donors (Lipinski definition) is 0. The van der Waals surface area contributed by atoms with E-state index in [0.29, 0.717) is 12.1 Å². The average molecular weight is 365 g/mol. The number of esters is 1. The van der Waals surface area contributed by atoms with Gasteiger partial charge in [-0.25, -0.2) is 0 Å². The first kappa shape index (κ1) is 16.8. The number of halogens is 7. The Morgan fingerprint density at radius 2 is 1.50 bits per heavy atom. The van der Waals surface area contributed by atoms with Crippen molar-refractivity contribution < 1.29 is 35.9 Å². The van der Waals surface area contributed by atoms with Gasteiger partial charge < -0.3 is 4.74 Å². The fourth-order valence-corrected chi connectivity index (χ4v) is 2.12. The van der Waals surface area contributed by atoms with Crippen molar-refractivity contribution in [2.24, 2.45) is 0 Å². The van der Waals surface area contributed by atoms with Gasteiger partial charge in [0.15, 0.2) is 0 Å². The van der Waals surface area contributed by atoms with E-state index in [9.17, 15) is 31.1 Å². The maximum Gasteiger partial charge on any atom is 0.417 e. The number of alkyl halides is 6. The van der Waals surface area contributed by atoms with Crippen molar-refractivity contribution in [3.05, 3.63) is 33.3 Å². The zero-order chi connectivity index (χ0) is 15.7. The van der Waals surface area contributed by atoms with Crippen LogP contribution in [0.1, 0.15) is 16.7 Å². The van der Waals surface area contributed by atoms with Crippen LogP contribution >= 0.6 is 15.9 Å². The quantitative estimate of drug-likeness (QED) is 0.580. The molecule has 1 aromatic carbocycles. The monoisotopic (exact) mass is 364 g/mol. The molecule has 0 amide bonds. The van der Waals surface area contributed by atoms with E-state index in [2.05, 4.69) is 20.7 Å². The van der Waals surface area contributed by atoms with Gasteiger partial charge in [0.1, 0.15) is 0 Å². The van der Waals surface area contributed by atoms with Crippen LogP contribution in [0.2, 0.25) is 0 Å². The molecule has 1 aromatic rings. The van der Waals surface area contributed by atoms with Gasteiger partial charge in [0.25, 0.3) is 0 Å². The Morgan fingerprint density at radius 3 is 1.80 bits per heavy atom. The molecule has 0 aliphatic rings. The van der Waals surface area contributed by atoms with Gasteiger partial charge in [-0.05, 0) is 33.6 Å². The Morgan fingerprint density at radius 1 is 1.10 bits per heavy atom. The summed E-state index contributed by atoms with van der Waals surface area (Å²) in [5, 5.41) is 0. The van der Waals surface area contributed by atoms with Crippen LogP contribution in [0.5, 0.6) is 0 Å². The van der Waals surface area contributed by atoms with E-state index in [0.717, 1.165) is 7.11 Å². The van der Waals surface area contributed by atoms with Gasteiger partial charge in [0.2, 0.25) is 0 Å². The van der Waals surface area contributed by atoms with Gasteiger partial charge in [-0.1, -0.05) is 0 Å². The first-order valence-corrected chi connectivity index (χ1v) is 5.79. The van der Waals surface area contributed by atoms with Crippen molar-refractivity contribution in [2.75, 3.05) is 7.11 Å². The highest BCUT2D eigenvalue weighted by molar-refractivity contribution is 9.10. The Labute approximate surface area is 117 Å². The molecule has 0 bridgehead atoms. The van der Waals surface area contributed by atoms with E-state index in [1.54, 1.807) is 0 Å². The minimum atomic E-state index is -4.98. The molecular weight excluding hydrogens is 358 g/mol. The van der Waals surface area contributed by atoms with E-state index >= 15 is 0 Å². The number of rotatable bonds is 2. The van der Waals surface area contributed by atoms with E-state index in [-0.39, 0.29) is 0 Å². The number of carbonyl (C=O) groups excluding carboxylic acids is 1. The minimum Gasteiger partial charge on any atom is -0.469 e. The zero-order valence-corrected chi connectivity index (χ0v) is 11.4. The van der Waals surface area contributed by atoms with Gasteiger partial charge in [0, 0.05) is 4.47 Å². The van der Waals surface area contributed by atoms with Crippen molar-refractivity contribution >= 4 is 21.9 Å². The van der Waals surface area contributed by atoms with Crippen LogP contribution in [0.15, 0.2) is 16.6 Å². The van der Waals surface area contributed by atoms with E-state index in [1.807, 2.05) is 0 Å². The number of ether oxygens (including phenoxy) is 1. The lowest BCUT2D eigenvalue weighted by Gasteiger charge is -2.16. The molecule has 0 fully saturated rings. The zero-order valence-electron chi connectivity index (χ0n) is 9.82. The molecule has 0 heterocycles. The second-order valence-corrected chi connectivity index (χ2v) is 4.55. The molecule has 0 saturated carbocycles. The molecule has 0 radical (unpaired) electrons. The normalized spacial score (nSPS) is 12.4. The molecule has 0 aromatic heterocycles. The third-order valence-electron chi connectivity index (χ3n) is 2.32. The summed E-state index contributed by atoms with van der Waals surface area (Å²) in [4.78, 5) is 11.0. The fourth-order valence-electron chi connectivity index (χ4n) is 1.44. The second-order valence-electron chi connectivity index (χ2n) is 3.75. The van der Waals surface area contributed by atoms with Gasteiger partial charge in [-0.3, -0.25) is 4.79 Å². The van der Waals surface area contributed by atoms with Crippen LogP contribution in [0.4, 0.5) is 26.3 Å². The average Bonchev–Trinajstić information content (AvgIpc) is 2.28. The van der Waals surface area contributed by atoms with E-state index in [4.69, 9.17) is 0 Å². The highest BCUT2D eigenvalue weighted by atomic mass is 79.9. The molecule has 0 N–H and O–H groups in total. The number of benzene rings is 1. The number of hydrogen-bond acceptors (Lipinski definition) is 2. The summed E-state index contributed by atoms with van der Waals surface area (Å²) in [6.07, 6.45) is -10.6. The molecule has 0 atom stereocenters. The number of methoxy groups -OCH3 is 1. The molecule has 0 saturated heterocycles. The van der Waals surface area contributed by atoms with Crippen molar-refractivity contribution in [3.63, 3.8) is 0 Å². The fraction of sp³-hybridized carbons (Fsp3) is 0.364. The van der Waals surface area contributed by atoms with E-state index < -0.39 is 45.9 Å². The highest BCUT2D eigenvalue weighted by Gasteiger charge is 2.40. The lowest BCUT2D eigenvalue weighted by molar-refractivity contribution is -0.145. The Kier molecular flexibility index (Phi) is 4.73. The van der Waals surface area contributed by atoms with Crippen molar-refractivity contribution in [3.8, 4) is 0 Å². The Hall–Kier alpha value is -1.25. The summed E-state index contributed by atoms with van der Waals surface area (Å²) in [7, 11) is 0.983. The van der Waals surface area contributed by atoms with Gasteiger partial charge >= 0.3 is 18.3 Å². The lowest BCUT2D eigenvalue weighted by Crippen LogP contribution is -2.15. The standard InChI is InChI=1S/C11H7BrF6O2/c1-20-8(19)4-5-2-6(10(13,14)15)9(12)7(3-5)11(16,17)18/h2-3H,4H2,1H3. The molecule has 20 heavy (non-hydrogen) atoms. The topological polar surface area (TPSA) is 26.3 Å². The maximum atomic E-state index is 12.7. The largest absolute Gasteiger partial charge is 0.469 e. The highest BCUT2D eigenvalue weighted by Crippen LogP contribution is 2.43. The summed E-state index contributed by atoms with van der Waals surface area (Å²) < 4.78 is 79.3. The maximum absolute atomic E-state index is 12.7. The smallest absolute Gasteiger partial charge is 0.417 e. The van der Waals surface area contributed by atoms with Gasteiger partial charge in [-0.2, -0.15) is 26.3 Å². The second kappa shape index (κ2) is 5.63. The lowest BCUT2D eigenvalue weighted by atomic mass is 10.0. The molecular formula is C11H7BrF6O2. The predicted octanol–water partition coefficient (Wildman–Crippen LogP) is 4.20. The van der Waals surface area contributed by atoms with Gasteiger partial charge in [0.05, 0.1) is 24.7 Å². The van der Waals surface area contributed by atoms with Crippen LogP contribution in [0.3, 0.4) is 0 Å². The van der Waals surface area contributed by atoms with Crippen molar-refractivity contribution in [1.82, 2.24) is 0 Å². The minimum absolute atomic E-state index is 0.431. The van der Waals surface area contributed by atoms with Crippen LogP contribution in [0, 0.1) is 0 Å². The molecule has 9 heteroatoms. The van der Waals surface area contributed by atoms with Gasteiger partial charge in [-0.15, -0.1) is 0 Å². The summed E-state index contributed by atoms with van der Waals surface area (Å²) >= 11 is 2.31. The molecule has 0 aliphatic heterocycles. The molecule has 112 valence electrons. The third-order valence-corrected chi connectivity index (χ3v) is 3.17. The van der Waals surface area contributed by atoms with Crippen LogP contribution in [-0.2, 0) is 28.3 Å². The van der Waals surface area contributed by atoms with E-state index in [1.165, 1.54) is 0 Å². The SMILES string of the molecule is COC(=O)Cc1cc(C(F)(F)F)c(Br)c(C(F)(F)F)c1. The number of carbonyl (C=O) groups is 1. The molecule has 0 spiro atoms. The molecule has 2 nitrogen and oxygen atoms in total. The third kappa shape index (κ3) is 3.87.